The summed E-state index contributed by atoms with van der Waals surface area (Å²) in [6.45, 7) is 5.70. The lowest BCUT2D eigenvalue weighted by Gasteiger charge is -2.29. The monoisotopic (exact) mass is 287 g/mol. The molecule has 2 aliphatic heterocycles. The van der Waals surface area contributed by atoms with E-state index in [1.165, 1.54) is 5.56 Å². The number of nitrogens with zero attached hydrogens (tertiary/aromatic N) is 2. The number of piperazine rings is 1. The van der Waals surface area contributed by atoms with Gasteiger partial charge in [0.1, 0.15) is 0 Å². The molecule has 1 N–H and O–H groups in total. The SMILES string of the molecule is Cc1ccc(N2CC(C(=O)N3CCNCC3)CC2=O)cc1. The summed E-state index contributed by atoms with van der Waals surface area (Å²) in [6.07, 6.45) is 0.330. The zero-order chi connectivity index (χ0) is 14.8. The number of rotatable bonds is 2. The molecule has 2 aliphatic rings. The molecule has 0 saturated carbocycles. The van der Waals surface area contributed by atoms with E-state index in [1.54, 1.807) is 4.90 Å². The molecular formula is C16H21N3O2. The maximum atomic E-state index is 12.5. The maximum absolute atomic E-state index is 12.5. The highest BCUT2D eigenvalue weighted by Gasteiger charge is 2.37. The normalized spacial score (nSPS) is 22.7. The van der Waals surface area contributed by atoms with Crippen LogP contribution in [0.5, 0.6) is 0 Å². The molecule has 2 amide bonds. The number of hydrogen-bond donors (Lipinski definition) is 1. The molecule has 3 rings (SSSR count). The van der Waals surface area contributed by atoms with Crippen LogP contribution in [0, 0.1) is 12.8 Å². The third-order valence-electron chi connectivity index (χ3n) is 4.25. The Morgan fingerprint density at radius 1 is 1.19 bits per heavy atom. The lowest BCUT2D eigenvalue weighted by molar-refractivity contribution is -0.136. The van der Waals surface area contributed by atoms with E-state index in [2.05, 4.69) is 5.32 Å². The van der Waals surface area contributed by atoms with Crippen LogP contribution in [0.1, 0.15) is 12.0 Å². The average Bonchev–Trinajstić information content (AvgIpc) is 2.90. The highest BCUT2D eigenvalue weighted by molar-refractivity contribution is 6.00. The van der Waals surface area contributed by atoms with E-state index in [-0.39, 0.29) is 17.7 Å². The van der Waals surface area contributed by atoms with Crippen molar-refractivity contribution >= 4 is 17.5 Å². The number of aryl methyl sites for hydroxylation is 1. The minimum Gasteiger partial charge on any atom is -0.340 e. The first kappa shape index (κ1) is 14.1. The van der Waals surface area contributed by atoms with Crippen LogP contribution in [0.25, 0.3) is 0 Å². The Hall–Kier alpha value is -1.88. The Morgan fingerprint density at radius 2 is 1.86 bits per heavy atom. The molecule has 0 aromatic heterocycles. The van der Waals surface area contributed by atoms with Gasteiger partial charge in [0.15, 0.2) is 0 Å². The van der Waals surface area contributed by atoms with Crippen molar-refractivity contribution < 1.29 is 9.59 Å². The van der Waals surface area contributed by atoms with Gasteiger partial charge in [-0.3, -0.25) is 9.59 Å². The van der Waals surface area contributed by atoms with E-state index in [1.807, 2.05) is 36.1 Å². The third-order valence-corrected chi connectivity index (χ3v) is 4.25. The summed E-state index contributed by atoms with van der Waals surface area (Å²) in [5.41, 5.74) is 2.06. The van der Waals surface area contributed by atoms with Gasteiger partial charge in [0.05, 0.1) is 5.92 Å². The summed E-state index contributed by atoms with van der Waals surface area (Å²) in [6, 6.07) is 7.89. The molecular weight excluding hydrogens is 266 g/mol. The number of nitrogens with one attached hydrogen (secondary N) is 1. The minimum atomic E-state index is -0.197. The number of amides is 2. The second kappa shape index (κ2) is 5.85. The topological polar surface area (TPSA) is 52.7 Å². The first-order valence-electron chi connectivity index (χ1n) is 7.51. The molecule has 1 aromatic carbocycles. The van der Waals surface area contributed by atoms with Crippen LogP contribution in [0.3, 0.4) is 0 Å². The average molecular weight is 287 g/mol. The third kappa shape index (κ3) is 2.93. The summed E-state index contributed by atoms with van der Waals surface area (Å²) in [4.78, 5) is 28.3. The number of anilines is 1. The fourth-order valence-electron chi connectivity index (χ4n) is 2.99. The predicted molar refractivity (Wildman–Crippen MR) is 81.1 cm³/mol. The number of hydrogen-bond acceptors (Lipinski definition) is 3. The molecule has 1 atom stereocenters. The Bertz CT molecular complexity index is 535. The Kier molecular flexibility index (Phi) is 3.92. The van der Waals surface area contributed by atoms with Crippen molar-refractivity contribution in [2.45, 2.75) is 13.3 Å². The Morgan fingerprint density at radius 3 is 2.52 bits per heavy atom. The van der Waals surface area contributed by atoms with E-state index >= 15 is 0 Å². The second-order valence-corrected chi connectivity index (χ2v) is 5.82. The van der Waals surface area contributed by atoms with Crippen molar-refractivity contribution in [3.63, 3.8) is 0 Å². The zero-order valence-electron chi connectivity index (χ0n) is 12.3. The molecule has 2 fully saturated rings. The summed E-state index contributed by atoms with van der Waals surface area (Å²) in [5.74, 6) is -0.0243. The summed E-state index contributed by atoms with van der Waals surface area (Å²) < 4.78 is 0. The molecule has 1 unspecified atom stereocenters. The summed E-state index contributed by atoms with van der Waals surface area (Å²) >= 11 is 0. The minimum absolute atomic E-state index is 0.0485. The van der Waals surface area contributed by atoms with Crippen molar-refractivity contribution in [3.05, 3.63) is 29.8 Å². The fourth-order valence-corrected chi connectivity index (χ4v) is 2.99. The number of benzene rings is 1. The van der Waals surface area contributed by atoms with Gasteiger partial charge in [-0.1, -0.05) is 17.7 Å². The van der Waals surface area contributed by atoms with E-state index in [9.17, 15) is 9.59 Å². The molecule has 1 aromatic rings. The quantitative estimate of drug-likeness (QED) is 0.874. The van der Waals surface area contributed by atoms with E-state index < -0.39 is 0 Å². The molecule has 21 heavy (non-hydrogen) atoms. The number of carbonyl (C=O) groups excluding carboxylic acids is 2. The largest absolute Gasteiger partial charge is 0.340 e. The van der Waals surface area contributed by atoms with Gasteiger partial charge in [0, 0.05) is 44.8 Å². The lowest BCUT2D eigenvalue weighted by Crippen LogP contribution is -2.48. The van der Waals surface area contributed by atoms with Crippen LogP contribution >= 0.6 is 0 Å². The zero-order valence-corrected chi connectivity index (χ0v) is 12.3. The van der Waals surface area contributed by atoms with Gasteiger partial charge in [-0.05, 0) is 19.1 Å². The van der Waals surface area contributed by atoms with E-state index in [0.717, 1.165) is 31.9 Å². The molecule has 2 saturated heterocycles. The molecule has 5 heteroatoms. The lowest BCUT2D eigenvalue weighted by atomic mass is 10.1. The fraction of sp³-hybridized carbons (Fsp3) is 0.500. The van der Waals surface area contributed by atoms with Crippen molar-refractivity contribution in [1.82, 2.24) is 10.2 Å². The molecule has 2 heterocycles. The molecule has 5 nitrogen and oxygen atoms in total. The molecule has 0 bridgehead atoms. The number of carbonyl (C=O) groups is 2. The standard InChI is InChI=1S/C16H21N3O2/c1-12-2-4-14(5-3-12)19-11-13(10-15(19)20)16(21)18-8-6-17-7-9-18/h2-5,13,17H,6-11H2,1H3. The van der Waals surface area contributed by atoms with Gasteiger partial charge in [0.25, 0.3) is 0 Å². The van der Waals surface area contributed by atoms with Crippen LogP contribution in [0.15, 0.2) is 24.3 Å². The van der Waals surface area contributed by atoms with Crippen LogP contribution in [-0.4, -0.2) is 49.4 Å². The molecule has 0 aliphatic carbocycles. The van der Waals surface area contributed by atoms with Gasteiger partial charge in [-0.15, -0.1) is 0 Å². The van der Waals surface area contributed by atoms with Gasteiger partial charge >= 0.3 is 0 Å². The first-order chi connectivity index (χ1) is 10.1. The predicted octanol–water partition coefficient (Wildman–Crippen LogP) is 0.780. The van der Waals surface area contributed by atoms with E-state index in [4.69, 9.17) is 0 Å². The first-order valence-corrected chi connectivity index (χ1v) is 7.51. The van der Waals surface area contributed by atoms with Gasteiger partial charge < -0.3 is 15.1 Å². The molecule has 0 radical (unpaired) electrons. The molecule has 112 valence electrons. The van der Waals surface area contributed by atoms with Crippen molar-refractivity contribution in [1.29, 1.82) is 0 Å². The summed E-state index contributed by atoms with van der Waals surface area (Å²) in [5, 5.41) is 3.24. The van der Waals surface area contributed by atoms with Crippen LogP contribution in [-0.2, 0) is 9.59 Å². The molecule has 0 spiro atoms. The Balaban J connectivity index is 1.69. The van der Waals surface area contributed by atoms with Gasteiger partial charge in [-0.25, -0.2) is 0 Å². The second-order valence-electron chi connectivity index (χ2n) is 5.82. The van der Waals surface area contributed by atoms with Crippen molar-refractivity contribution in [3.8, 4) is 0 Å². The van der Waals surface area contributed by atoms with Crippen molar-refractivity contribution in [2.24, 2.45) is 5.92 Å². The van der Waals surface area contributed by atoms with Gasteiger partial charge in [-0.2, -0.15) is 0 Å². The van der Waals surface area contributed by atoms with Crippen LogP contribution in [0.4, 0.5) is 5.69 Å². The van der Waals surface area contributed by atoms with Crippen LogP contribution < -0.4 is 10.2 Å². The Labute approximate surface area is 124 Å². The van der Waals surface area contributed by atoms with E-state index in [0.29, 0.717) is 13.0 Å². The summed E-state index contributed by atoms with van der Waals surface area (Å²) in [7, 11) is 0. The van der Waals surface area contributed by atoms with Gasteiger partial charge in [0.2, 0.25) is 11.8 Å². The maximum Gasteiger partial charge on any atom is 0.228 e. The smallest absolute Gasteiger partial charge is 0.228 e. The van der Waals surface area contributed by atoms with Crippen LogP contribution in [0.2, 0.25) is 0 Å². The van der Waals surface area contributed by atoms with Crippen molar-refractivity contribution in [2.75, 3.05) is 37.6 Å². The highest BCUT2D eigenvalue weighted by atomic mass is 16.2. The highest BCUT2D eigenvalue weighted by Crippen LogP contribution is 2.26.